The fourth-order valence-electron chi connectivity index (χ4n) is 2.52. The van der Waals surface area contributed by atoms with Crippen molar-refractivity contribution in [2.45, 2.75) is 20.5 Å². The van der Waals surface area contributed by atoms with Crippen molar-refractivity contribution in [3.8, 4) is 5.75 Å². The maximum Gasteiger partial charge on any atom is 0.340 e. The minimum Gasteiger partial charge on any atom is -0.487 e. The number of ether oxygens (including phenoxy) is 2. The summed E-state index contributed by atoms with van der Waals surface area (Å²) in [6.45, 7) is 4.30. The summed E-state index contributed by atoms with van der Waals surface area (Å²) in [5.41, 5.74) is 2.89. The fraction of sp³-hybridized carbons (Fsp3) is 0.200. The van der Waals surface area contributed by atoms with Crippen LogP contribution in [0.5, 0.6) is 5.75 Å². The molecule has 0 saturated heterocycles. The number of fused-ring (bicyclic) bond motifs is 1. The van der Waals surface area contributed by atoms with Gasteiger partial charge in [0, 0.05) is 5.39 Å². The molecule has 3 rings (SSSR count). The molecule has 122 valence electrons. The van der Waals surface area contributed by atoms with Crippen molar-refractivity contribution in [2.24, 2.45) is 0 Å². The summed E-state index contributed by atoms with van der Waals surface area (Å²) >= 11 is 0. The molecule has 0 saturated carbocycles. The molecule has 4 nitrogen and oxygen atoms in total. The van der Waals surface area contributed by atoms with E-state index in [1.165, 1.54) is 0 Å². The summed E-state index contributed by atoms with van der Waals surface area (Å²) in [5, 5.41) is 0.903. The van der Waals surface area contributed by atoms with Crippen LogP contribution in [0.2, 0.25) is 0 Å². The van der Waals surface area contributed by atoms with Gasteiger partial charge >= 0.3 is 5.97 Å². The molecule has 4 heteroatoms. The number of esters is 1. The highest BCUT2D eigenvalue weighted by Crippen LogP contribution is 2.21. The number of benzene rings is 2. The van der Waals surface area contributed by atoms with Crippen LogP contribution in [-0.4, -0.2) is 17.6 Å². The second kappa shape index (κ2) is 7.13. The van der Waals surface area contributed by atoms with Crippen molar-refractivity contribution in [1.82, 2.24) is 4.98 Å². The minimum atomic E-state index is -0.376. The van der Waals surface area contributed by atoms with E-state index in [0.717, 1.165) is 22.2 Å². The SMILES string of the molecule is CCOC(=O)c1cc2ccccc2nc1COc1ccccc1C. The Morgan fingerprint density at radius 2 is 1.83 bits per heavy atom. The van der Waals surface area contributed by atoms with E-state index in [4.69, 9.17) is 9.47 Å². The number of pyridine rings is 1. The van der Waals surface area contributed by atoms with Gasteiger partial charge in [-0.05, 0) is 37.6 Å². The molecule has 0 aliphatic carbocycles. The Morgan fingerprint density at radius 1 is 1.08 bits per heavy atom. The first-order valence-electron chi connectivity index (χ1n) is 7.93. The Hall–Kier alpha value is -2.88. The summed E-state index contributed by atoms with van der Waals surface area (Å²) in [7, 11) is 0. The van der Waals surface area contributed by atoms with E-state index in [2.05, 4.69) is 4.98 Å². The Labute approximate surface area is 141 Å². The molecule has 3 aromatic rings. The van der Waals surface area contributed by atoms with Crippen LogP contribution in [-0.2, 0) is 11.3 Å². The Morgan fingerprint density at radius 3 is 2.62 bits per heavy atom. The first kappa shape index (κ1) is 16.0. The fourth-order valence-corrected chi connectivity index (χ4v) is 2.52. The average Bonchev–Trinajstić information content (AvgIpc) is 2.60. The molecule has 24 heavy (non-hydrogen) atoms. The molecule has 0 bridgehead atoms. The molecular formula is C20H19NO3. The number of nitrogens with zero attached hydrogens (tertiary/aromatic N) is 1. The van der Waals surface area contributed by atoms with Crippen LogP contribution >= 0.6 is 0 Å². The van der Waals surface area contributed by atoms with Gasteiger partial charge in [-0.3, -0.25) is 0 Å². The number of rotatable bonds is 5. The highest BCUT2D eigenvalue weighted by atomic mass is 16.5. The van der Waals surface area contributed by atoms with Crippen LogP contribution in [0.4, 0.5) is 0 Å². The molecule has 0 spiro atoms. The van der Waals surface area contributed by atoms with E-state index in [9.17, 15) is 4.79 Å². The highest BCUT2D eigenvalue weighted by molar-refractivity contribution is 5.95. The van der Waals surface area contributed by atoms with Crippen LogP contribution in [0.3, 0.4) is 0 Å². The Bertz CT molecular complexity index is 874. The van der Waals surface area contributed by atoms with Gasteiger partial charge < -0.3 is 9.47 Å². The molecule has 0 radical (unpaired) electrons. The van der Waals surface area contributed by atoms with E-state index < -0.39 is 0 Å². The van der Waals surface area contributed by atoms with Gasteiger partial charge in [-0.2, -0.15) is 0 Å². The van der Waals surface area contributed by atoms with Crippen molar-refractivity contribution in [3.63, 3.8) is 0 Å². The molecule has 0 unspecified atom stereocenters. The third-order valence-corrected chi connectivity index (χ3v) is 3.76. The number of para-hydroxylation sites is 2. The first-order valence-corrected chi connectivity index (χ1v) is 7.93. The van der Waals surface area contributed by atoms with Gasteiger partial charge in [0.15, 0.2) is 0 Å². The van der Waals surface area contributed by atoms with Crippen molar-refractivity contribution >= 4 is 16.9 Å². The highest BCUT2D eigenvalue weighted by Gasteiger charge is 2.16. The maximum atomic E-state index is 12.3. The monoisotopic (exact) mass is 321 g/mol. The zero-order valence-corrected chi connectivity index (χ0v) is 13.8. The second-order valence-electron chi connectivity index (χ2n) is 5.45. The molecule has 0 aliphatic heterocycles. The summed E-state index contributed by atoms with van der Waals surface area (Å²) in [5.74, 6) is 0.404. The third kappa shape index (κ3) is 3.38. The lowest BCUT2D eigenvalue weighted by molar-refractivity contribution is 0.0523. The van der Waals surface area contributed by atoms with Crippen molar-refractivity contribution < 1.29 is 14.3 Å². The zero-order valence-electron chi connectivity index (χ0n) is 13.8. The van der Waals surface area contributed by atoms with Crippen molar-refractivity contribution in [1.29, 1.82) is 0 Å². The minimum absolute atomic E-state index is 0.212. The number of aryl methyl sites for hydroxylation is 1. The molecule has 0 N–H and O–H groups in total. The Balaban J connectivity index is 1.96. The smallest absolute Gasteiger partial charge is 0.340 e. The second-order valence-corrected chi connectivity index (χ2v) is 5.45. The maximum absolute atomic E-state index is 12.3. The lowest BCUT2D eigenvalue weighted by atomic mass is 10.1. The number of hydrogen-bond acceptors (Lipinski definition) is 4. The Kier molecular flexibility index (Phi) is 4.75. The predicted molar refractivity (Wildman–Crippen MR) is 93.2 cm³/mol. The van der Waals surface area contributed by atoms with E-state index in [1.54, 1.807) is 6.92 Å². The number of carbonyl (C=O) groups excluding carboxylic acids is 1. The number of hydrogen-bond donors (Lipinski definition) is 0. The van der Waals surface area contributed by atoms with Gasteiger partial charge in [0.2, 0.25) is 0 Å². The number of carbonyl (C=O) groups is 1. The topological polar surface area (TPSA) is 48.4 Å². The van der Waals surface area contributed by atoms with Gasteiger partial charge in [-0.15, -0.1) is 0 Å². The molecule has 2 aromatic carbocycles. The summed E-state index contributed by atoms with van der Waals surface area (Å²) < 4.78 is 11.0. The van der Waals surface area contributed by atoms with E-state index >= 15 is 0 Å². The molecule has 1 aromatic heterocycles. The van der Waals surface area contributed by atoms with E-state index in [-0.39, 0.29) is 12.6 Å². The largest absolute Gasteiger partial charge is 0.487 e. The molecule has 0 atom stereocenters. The van der Waals surface area contributed by atoms with Crippen LogP contribution < -0.4 is 4.74 Å². The standard InChI is InChI=1S/C20H19NO3/c1-3-23-20(22)16-12-15-9-5-6-10-17(15)21-18(16)13-24-19-11-7-4-8-14(19)2/h4-12H,3,13H2,1-2H3. The van der Waals surface area contributed by atoms with Crippen molar-refractivity contribution in [3.05, 3.63) is 71.4 Å². The third-order valence-electron chi connectivity index (χ3n) is 3.76. The lowest BCUT2D eigenvalue weighted by Crippen LogP contribution is -2.12. The lowest BCUT2D eigenvalue weighted by Gasteiger charge is -2.12. The van der Waals surface area contributed by atoms with Gasteiger partial charge in [0.1, 0.15) is 12.4 Å². The summed E-state index contributed by atoms with van der Waals surface area (Å²) in [6.07, 6.45) is 0. The molecular weight excluding hydrogens is 302 g/mol. The summed E-state index contributed by atoms with van der Waals surface area (Å²) in [4.78, 5) is 16.9. The normalized spacial score (nSPS) is 10.6. The first-order chi connectivity index (χ1) is 11.7. The van der Waals surface area contributed by atoms with E-state index in [1.807, 2.05) is 61.5 Å². The summed E-state index contributed by atoms with van der Waals surface area (Å²) in [6, 6.07) is 17.3. The molecule has 0 fully saturated rings. The van der Waals surface area contributed by atoms with Gasteiger partial charge in [-0.1, -0.05) is 36.4 Å². The van der Waals surface area contributed by atoms with Crippen molar-refractivity contribution in [2.75, 3.05) is 6.61 Å². The molecule has 0 aliphatic rings. The van der Waals surface area contributed by atoms with Gasteiger partial charge in [-0.25, -0.2) is 9.78 Å². The molecule has 1 heterocycles. The molecule has 0 amide bonds. The van der Waals surface area contributed by atoms with Crippen LogP contribution in [0.25, 0.3) is 10.9 Å². The predicted octanol–water partition coefficient (Wildman–Crippen LogP) is 4.30. The average molecular weight is 321 g/mol. The van der Waals surface area contributed by atoms with Gasteiger partial charge in [0.05, 0.1) is 23.4 Å². The zero-order chi connectivity index (χ0) is 16.9. The van der Waals surface area contributed by atoms with Crippen LogP contribution in [0.15, 0.2) is 54.6 Å². The van der Waals surface area contributed by atoms with Crippen LogP contribution in [0, 0.1) is 6.92 Å². The van der Waals surface area contributed by atoms with Gasteiger partial charge in [0.25, 0.3) is 0 Å². The van der Waals surface area contributed by atoms with E-state index in [0.29, 0.717) is 17.9 Å². The quantitative estimate of drug-likeness (QED) is 0.657. The van der Waals surface area contributed by atoms with Crippen LogP contribution in [0.1, 0.15) is 28.5 Å². The number of aromatic nitrogens is 1.